The first-order valence-electron chi connectivity index (χ1n) is 16.2. The van der Waals surface area contributed by atoms with Gasteiger partial charge in [-0.1, -0.05) is 116 Å². The molecule has 0 amide bonds. The first kappa shape index (κ1) is 35.7. The number of carbonyl (C=O) groups excluding carboxylic acids is 1. The molecule has 1 unspecified atom stereocenters. The Balaban J connectivity index is 3.86. The molecule has 0 aliphatic carbocycles. The fourth-order valence-corrected chi connectivity index (χ4v) is 4.82. The van der Waals surface area contributed by atoms with Crippen molar-refractivity contribution < 1.29 is 19.4 Å². The van der Waals surface area contributed by atoms with Crippen molar-refractivity contribution in [3.63, 3.8) is 0 Å². The predicted octanol–water partition coefficient (Wildman–Crippen LogP) is 10.7. The first-order valence-corrected chi connectivity index (χ1v) is 16.2. The molecule has 0 aromatic carbocycles. The maximum atomic E-state index is 12.4. The molecule has 0 rings (SSSR count). The molecule has 0 saturated heterocycles. The molecule has 0 aliphatic rings. The Morgan fingerprint density at radius 2 is 0.973 bits per heavy atom. The minimum atomic E-state index is -0.746. The zero-order chi connectivity index (χ0) is 27.2. The molecule has 0 aromatic heterocycles. The monoisotopic (exact) mass is 522 g/mol. The number of carbonyl (C=O) groups is 2. The van der Waals surface area contributed by atoms with E-state index >= 15 is 0 Å². The van der Waals surface area contributed by atoms with Gasteiger partial charge in [-0.25, -0.2) is 0 Å². The number of hydrogen-bond acceptors (Lipinski definition) is 3. The van der Waals surface area contributed by atoms with E-state index in [2.05, 4.69) is 26.0 Å². The van der Waals surface area contributed by atoms with Gasteiger partial charge in [0, 0.05) is 12.8 Å². The summed E-state index contributed by atoms with van der Waals surface area (Å²) in [5.41, 5.74) is 0. The van der Waals surface area contributed by atoms with Gasteiger partial charge in [-0.3, -0.25) is 9.59 Å². The van der Waals surface area contributed by atoms with E-state index < -0.39 is 5.97 Å². The van der Waals surface area contributed by atoms with Gasteiger partial charge in [-0.15, -0.1) is 0 Å². The molecular weight excluding hydrogens is 460 g/mol. The third kappa shape index (κ3) is 29.1. The lowest BCUT2D eigenvalue weighted by molar-refractivity contribution is -0.150. The van der Waals surface area contributed by atoms with Crippen LogP contribution in [0.15, 0.2) is 12.2 Å². The second-order valence-corrected chi connectivity index (χ2v) is 11.0. The van der Waals surface area contributed by atoms with Gasteiger partial charge in [0.1, 0.15) is 6.10 Å². The molecule has 0 fully saturated rings. The molecule has 0 heterocycles. The molecule has 4 nitrogen and oxygen atoms in total. The molecule has 37 heavy (non-hydrogen) atoms. The topological polar surface area (TPSA) is 63.6 Å². The number of hydrogen-bond donors (Lipinski definition) is 1. The number of allylic oxidation sites excluding steroid dienone is 2. The van der Waals surface area contributed by atoms with E-state index in [1.807, 2.05) is 0 Å². The molecule has 0 saturated carbocycles. The summed E-state index contributed by atoms with van der Waals surface area (Å²) in [5.74, 6) is -0.811. The molecule has 4 heteroatoms. The van der Waals surface area contributed by atoms with Crippen molar-refractivity contribution in [2.75, 3.05) is 0 Å². The summed E-state index contributed by atoms with van der Waals surface area (Å²) in [6, 6.07) is 0. The Hall–Kier alpha value is -1.32. The molecule has 1 N–H and O–H groups in total. The van der Waals surface area contributed by atoms with Gasteiger partial charge in [-0.2, -0.15) is 0 Å². The molecule has 0 aliphatic heterocycles. The van der Waals surface area contributed by atoms with Crippen molar-refractivity contribution in [1.29, 1.82) is 0 Å². The quantitative estimate of drug-likeness (QED) is 0.0602. The molecule has 218 valence electrons. The highest BCUT2D eigenvalue weighted by Crippen LogP contribution is 2.18. The van der Waals surface area contributed by atoms with Gasteiger partial charge >= 0.3 is 11.9 Å². The van der Waals surface area contributed by atoms with Gasteiger partial charge in [0.15, 0.2) is 0 Å². The largest absolute Gasteiger partial charge is 0.481 e. The smallest absolute Gasteiger partial charge is 0.306 e. The van der Waals surface area contributed by atoms with Crippen LogP contribution in [-0.2, 0) is 14.3 Å². The number of carboxylic acids is 1. The van der Waals surface area contributed by atoms with Crippen LogP contribution in [0.1, 0.15) is 181 Å². The second-order valence-electron chi connectivity index (χ2n) is 11.0. The van der Waals surface area contributed by atoms with Crippen molar-refractivity contribution in [1.82, 2.24) is 0 Å². The van der Waals surface area contributed by atoms with Gasteiger partial charge in [0.2, 0.25) is 0 Å². The fraction of sp³-hybridized carbons (Fsp3) is 0.879. The lowest BCUT2D eigenvalue weighted by Crippen LogP contribution is -2.18. The van der Waals surface area contributed by atoms with Crippen LogP contribution < -0.4 is 0 Å². The molecule has 0 spiro atoms. The lowest BCUT2D eigenvalue weighted by atomic mass is 10.0. The minimum absolute atomic E-state index is 0.0416. The van der Waals surface area contributed by atoms with E-state index in [4.69, 9.17) is 9.84 Å². The normalized spacial score (nSPS) is 12.3. The van der Waals surface area contributed by atoms with Gasteiger partial charge in [0.25, 0.3) is 0 Å². The van der Waals surface area contributed by atoms with Crippen molar-refractivity contribution >= 4 is 11.9 Å². The van der Waals surface area contributed by atoms with E-state index in [1.54, 1.807) is 0 Å². The summed E-state index contributed by atoms with van der Waals surface area (Å²) in [7, 11) is 0. The van der Waals surface area contributed by atoms with Crippen LogP contribution in [-0.4, -0.2) is 23.1 Å². The Labute approximate surface area is 230 Å². The average molecular weight is 523 g/mol. The fourth-order valence-electron chi connectivity index (χ4n) is 4.82. The highest BCUT2D eigenvalue weighted by Gasteiger charge is 2.14. The Morgan fingerprint density at radius 3 is 1.49 bits per heavy atom. The van der Waals surface area contributed by atoms with Crippen LogP contribution in [0.2, 0.25) is 0 Å². The average Bonchev–Trinajstić information content (AvgIpc) is 2.88. The third-order valence-electron chi connectivity index (χ3n) is 7.24. The van der Waals surface area contributed by atoms with Crippen molar-refractivity contribution in [3.8, 4) is 0 Å². The first-order chi connectivity index (χ1) is 18.1. The summed E-state index contributed by atoms with van der Waals surface area (Å²) in [6.07, 6.45) is 33.6. The molecule has 0 aromatic rings. The van der Waals surface area contributed by atoms with E-state index in [0.717, 1.165) is 38.5 Å². The number of esters is 1. The third-order valence-corrected chi connectivity index (χ3v) is 7.24. The molecule has 0 bridgehead atoms. The van der Waals surface area contributed by atoms with Crippen molar-refractivity contribution in [2.24, 2.45) is 0 Å². The molecule has 0 radical (unpaired) electrons. The van der Waals surface area contributed by atoms with E-state index in [0.29, 0.717) is 12.8 Å². The highest BCUT2D eigenvalue weighted by atomic mass is 16.5. The highest BCUT2D eigenvalue weighted by molar-refractivity contribution is 5.69. The summed E-state index contributed by atoms with van der Waals surface area (Å²) < 4.78 is 5.83. The maximum absolute atomic E-state index is 12.4. The Morgan fingerprint density at radius 1 is 0.568 bits per heavy atom. The van der Waals surface area contributed by atoms with Crippen LogP contribution in [0.25, 0.3) is 0 Å². The number of rotatable bonds is 29. The summed E-state index contributed by atoms with van der Waals surface area (Å²) in [4.78, 5) is 23.2. The standard InChI is InChI=1S/C33H62O4/c1-3-5-7-9-11-12-13-14-15-16-17-18-20-22-24-30-33(36)37-31(28-25-26-29-32(34)35)27-23-21-19-10-8-6-4-2/h14-15,31H,3-13,16-30H2,1-2H3,(H,34,35)/b15-14-. The molecule has 1 atom stereocenters. The van der Waals surface area contributed by atoms with Gasteiger partial charge < -0.3 is 9.84 Å². The number of ether oxygens (including phenoxy) is 1. The van der Waals surface area contributed by atoms with Crippen LogP contribution >= 0.6 is 0 Å². The number of unbranched alkanes of at least 4 members (excludes halogenated alkanes) is 18. The van der Waals surface area contributed by atoms with Crippen LogP contribution in [0.4, 0.5) is 0 Å². The van der Waals surface area contributed by atoms with Gasteiger partial charge in [-0.05, 0) is 64.2 Å². The SMILES string of the molecule is CCCCCCCC/C=C\CCCCCCCC(=O)OC(CCCCCCCCC)CCCCC(=O)O. The predicted molar refractivity (Wildman–Crippen MR) is 158 cm³/mol. The Kier molecular flexibility index (Phi) is 28.2. The van der Waals surface area contributed by atoms with Gasteiger partial charge in [0.05, 0.1) is 0 Å². The number of aliphatic carboxylic acids is 1. The van der Waals surface area contributed by atoms with E-state index in [1.165, 1.54) is 109 Å². The Bertz CT molecular complexity index is 528. The minimum Gasteiger partial charge on any atom is -0.481 e. The van der Waals surface area contributed by atoms with E-state index in [9.17, 15) is 9.59 Å². The summed E-state index contributed by atoms with van der Waals surface area (Å²) >= 11 is 0. The maximum Gasteiger partial charge on any atom is 0.306 e. The van der Waals surface area contributed by atoms with Crippen molar-refractivity contribution in [3.05, 3.63) is 12.2 Å². The van der Waals surface area contributed by atoms with Crippen LogP contribution in [0.5, 0.6) is 0 Å². The molecular formula is C33H62O4. The number of carboxylic acid groups (broad SMARTS) is 1. The lowest BCUT2D eigenvalue weighted by Gasteiger charge is -2.18. The van der Waals surface area contributed by atoms with Crippen molar-refractivity contribution in [2.45, 2.75) is 187 Å². The second kappa shape index (κ2) is 29.2. The zero-order valence-corrected chi connectivity index (χ0v) is 24.8. The van der Waals surface area contributed by atoms with E-state index in [-0.39, 0.29) is 18.5 Å². The summed E-state index contributed by atoms with van der Waals surface area (Å²) in [6.45, 7) is 4.50. The van der Waals surface area contributed by atoms with Crippen LogP contribution in [0.3, 0.4) is 0 Å². The zero-order valence-electron chi connectivity index (χ0n) is 24.8. The summed E-state index contributed by atoms with van der Waals surface area (Å²) in [5, 5.41) is 8.86. The van der Waals surface area contributed by atoms with Crippen LogP contribution in [0, 0.1) is 0 Å².